The summed E-state index contributed by atoms with van der Waals surface area (Å²) in [4.78, 5) is 0. The Balaban J connectivity index is 1.82. The third-order valence-electron chi connectivity index (χ3n) is 5.94. The van der Waals surface area contributed by atoms with E-state index >= 15 is 0 Å². The van der Waals surface area contributed by atoms with Crippen LogP contribution in [-0.2, 0) is 0 Å². The largest absolute Gasteiger partial charge is 0.374 e. The molecule has 1 aliphatic heterocycles. The van der Waals surface area contributed by atoms with Gasteiger partial charge in [-0.15, -0.1) is 0 Å². The SMILES string of the molecule is Brc1cccc(C2Nc3ccccc3-c3c2c2ccccc2c2ccccc32)c1. The Labute approximate surface area is 178 Å². The molecule has 0 saturated heterocycles. The standard InChI is InChI=1S/C27H18BrN/c28-18-9-7-8-17(16-18)27-26-22-13-4-2-11-20(22)19-10-1-3-12-21(19)25(26)23-14-5-6-15-24(23)29-27/h1-16,27,29H. The molecule has 6 rings (SSSR count). The lowest BCUT2D eigenvalue weighted by molar-refractivity contribution is 0.941. The van der Waals surface area contributed by atoms with Gasteiger partial charge in [0.15, 0.2) is 0 Å². The number of para-hydroxylation sites is 1. The van der Waals surface area contributed by atoms with Gasteiger partial charge in [0.2, 0.25) is 0 Å². The molecule has 2 heteroatoms. The van der Waals surface area contributed by atoms with Gasteiger partial charge in [-0.05, 0) is 56.4 Å². The lowest BCUT2D eigenvalue weighted by atomic mass is 9.80. The van der Waals surface area contributed by atoms with E-state index in [1.165, 1.54) is 49.5 Å². The molecule has 5 aromatic carbocycles. The van der Waals surface area contributed by atoms with Crippen molar-refractivity contribution in [2.45, 2.75) is 6.04 Å². The van der Waals surface area contributed by atoms with Crippen LogP contribution < -0.4 is 5.32 Å². The highest BCUT2D eigenvalue weighted by molar-refractivity contribution is 9.10. The Kier molecular flexibility index (Phi) is 3.75. The summed E-state index contributed by atoms with van der Waals surface area (Å²) in [6, 6.07) is 35.0. The molecule has 1 nitrogen and oxygen atoms in total. The fraction of sp³-hybridized carbons (Fsp3) is 0.0370. The minimum atomic E-state index is 0.0897. The van der Waals surface area contributed by atoms with E-state index in [0.29, 0.717) is 0 Å². The van der Waals surface area contributed by atoms with Crippen molar-refractivity contribution in [1.82, 2.24) is 0 Å². The van der Waals surface area contributed by atoms with Crippen LogP contribution in [0.4, 0.5) is 5.69 Å². The maximum atomic E-state index is 3.83. The molecular weight excluding hydrogens is 418 g/mol. The van der Waals surface area contributed by atoms with Gasteiger partial charge in [0, 0.05) is 15.7 Å². The third kappa shape index (κ3) is 2.53. The summed E-state index contributed by atoms with van der Waals surface area (Å²) in [6.07, 6.45) is 0. The first-order chi connectivity index (χ1) is 14.3. The predicted octanol–water partition coefficient (Wildman–Crippen LogP) is 7.94. The van der Waals surface area contributed by atoms with Crippen molar-refractivity contribution >= 4 is 43.2 Å². The van der Waals surface area contributed by atoms with Gasteiger partial charge < -0.3 is 5.32 Å². The first kappa shape index (κ1) is 16.8. The minimum absolute atomic E-state index is 0.0897. The topological polar surface area (TPSA) is 12.0 Å². The van der Waals surface area contributed by atoms with Crippen LogP contribution >= 0.6 is 15.9 Å². The van der Waals surface area contributed by atoms with E-state index in [0.717, 1.165) is 4.47 Å². The monoisotopic (exact) mass is 435 g/mol. The molecule has 0 fully saturated rings. The van der Waals surface area contributed by atoms with Gasteiger partial charge in [0.25, 0.3) is 0 Å². The van der Waals surface area contributed by atoms with Crippen LogP contribution in [0.1, 0.15) is 17.2 Å². The van der Waals surface area contributed by atoms with E-state index in [1.54, 1.807) is 0 Å². The normalized spacial score (nSPS) is 15.0. The second-order valence-electron chi connectivity index (χ2n) is 7.56. The number of rotatable bonds is 1. The van der Waals surface area contributed by atoms with E-state index in [-0.39, 0.29) is 6.04 Å². The van der Waals surface area contributed by atoms with E-state index in [1.807, 2.05) is 0 Å². The number of benzene rings is 5. The van der Waals surface area contributed by atoms with Gasteiger partial charge in [-0.3, -0.25) is 0 Å². The van der Waals surface area contributed by atoms with Crippen LogP contribution in [0.15, 0.2) is 102 Å². The molecule has 0 saturated carbocycles. The van der Waals surface area contributed by atoms with Gasteiger partial charge in [0.05, 0.1) is 6.04 Å². The second-order valence-corrected chi connectivity index (χ2v) is 8.47. The van der Waals surface area contributed by atoms with E-state index in [2.05, 4.69) is 118 Å². The molecule has 0 spiro atoms. The van der Waals surface area contributed by atoms with Crippen LogP contribution in [0.3, 0.4) is 0 Å². The first-order valence-electron chi connectivity index (χ1n) is 9.86. The Morgan fingerprint density at radius 1 is 0.621 bits per heavy atom. The zero-order valence-electron chi connectivity index (χ0n) is 15.7. The molecule has 1 heterocycles. The van der Waals surface area contributed by atoms with Crippen LogP contribution in [0.25, 0.3) is 32.7 Å². The maximum Gasteiger partial charge on any atom is 0.0780 e. The van der Waals surface area contributed by atoms with Gasteiger partial charge in [-0.2, -0.15) is 0 Å². The number of halogens is 1. The molecule has 138 valence electrons. The van der Waals surface area contributed by atoms with E-state index < -0.39 is 0 Å². The summed E-state index contributed by atoms with van der Waals surface area (Å²) in [7, 11) is 0. The van der Waals surface area contributed by atoms with Gasteiger partial charge in [-0.1, -0.05) is 94.8 Å². The molecule has 0 aromatic heterocycles. The molecular formula is C27H18BrN. The Morgan fingerprint density at radius 2 is 1.28 bits per heavy atom. The summed E-state index contributed by atoms with van der Waals surface area (Å²) in [5.41, 5.74) is 6.42. The van der Waals surface area contributed by atoms with Crippen molar-refractivity contribution in [1.29, 1.82) is 0 Å². The maximum absolute atomic E-state index is 3.83. The molecule has 1 unspecified atom stereocenters. The van der Waals surface area contributed by atoms with Crippen molar-refractivity contribution < 1.29 is 0 Å². The molecule has 0 aliphatic carbocycles. The Bertz CT molecular complexity index is 1400. The van der Waals surface area contributed by atoms with Gasteiger partial charge in [-0.25, -0.2) is 0 Å². The van der Waals surface area contributed by atoms with Crippen molar-refractivity contribution in [3.8, 4) is 11.1 Å². The fourth-order valence-electron chi connectivity index (χ4n) is 4.75. The number of hydrogen-bond acceptors (Lipinski definition) is 1. The summed E-state index contributed by atoms with van der Waals surface area (Å²) in [6.45, 7) is 0. The predicted molar refractivity (Wildman–Crippen MR) is 126 cm³/mol. The smallest absolute Gasteiger partial charge is 0.0780 e. The van der Waals surface area contributed by atoms with Crippen molar-refractivity contribution in [3.63, 3.8) is 0 Å². The average Bonchev–Trinajstić information content (AvgIpc) is 2.78. The number of nitrogens with one attached hydrogen (secondary N) is 1. The molecule has 1 N–H and O–H groups in total. The molecule has 1 aliphatic rings. The van der Waals surface area contributed by atoms with Crippen molar-refractivity contribution in [3.05, 3.63) is 113 Å². The van der Waals surface area contributed by atoms with E-state index in [9.17, 15) is 0 Å². The summed E-state index contributed by atoms with van der Waals surface area (Å²) in [5, 5.41) is 9.08. The zero-order chi connectivity index (χ0) is 19.4. The Morgan fingerprint density at radius 3 is 2.07 bits per heavy atom. The second kappa shape index (κ2) is 6.47. The lowest BCUT2D eigenvalue weighted by Crippen LogP contribution is -2.19. The van der Waals surface area contributed by atoms with Crippen LogP contribution in [-0.4, -0.2) is 0 Å². The number of hydrogen-bond donors (Lipinski definition) is 1. The van der Waals surface area contributed by atoms with Crippen molar-refractivity contribution in [2.75, 3.05) is 5.32 Å². The van der Waals surface area contributed by atoms with Crippen LogP contribution in [0.2, 0.25) is 0 Å². The quantitative estimate of drug-likeness (QED) is 0.263. The minimum Gasteiger partial charge on any atom is -0.374 e. The molecule has 1 atom stereocenters. The Hall–Kier alpha value is -3.10. The van der Waals surface area contributed by atoms with E-state index in [4.69, 9.17) is 0 Å². The highest BCUT2D eigenvalue weighted by Gasteiger charge is 2.29. The highest BCUT2D eigenvalue weighted by Crippen LogP contribution is 2.49. The average molecular weight is 436 g/mol. The summed E-state index contributed by atoms with van der Waals surface area (Å²) >= 11 is 3.66. The number of anilines is 1. The molecule has 29 heavy (non-hydrogen) atoms. The molecule has 0 radical (unpaired) electrons. The molecule has 5 aromatic rings. The number of fused-ring (bicyclic) bond motifs is 8. The highest BCUT2D eigenvalue weighted by atomic mass is 79.9. The zero-order valence-corrected chi connectivity index (χ0v) is 17.3. The molecule has 0 bridgehead atoms. The summed E-state index contributed by atoms with van der Waals surface area (Å²) in [5.74, 6) is 0. The lowest BCUT2D eigenvalue weighted by Gasteiger charge is -2.33. The first-order valence-corrected chi connectivity index (χ1v) is 10.7. The molecule has 0 amide bonds. The van der Waals surface area contributed by atoms with Crippen molar-refractivity contribution in [2.24, 2.45) is 0 Å². The third-order valence-corrected chi connectivity index (χ3v) is 6.43. The van der Waals surface area contributed by atoms with Gasteiger partial charge in [0.1, 0.15) is 0 Å². The van der Waals surface area contributed by atoms with Crippen LogP contribution in [0, 0.1) is 0 Å². The van der Waals surface area contributed by atoms with Gasteiger partial charge >= 0.3 is 0 Å². The fourth-order valence-corrected chi connectivity index (χ4v) is 5.17. The van der Waals surface area contributed by atoms with Crippen LogP contribution in [0.5, 0.6) is 0 Å². The summed E-state index contributed by atoms with van der Waals surface area (Å²) < 4.78 is 1.10.